The van der Waals surface area contributed by atoms with E-state index in [2.05, 4.69) is 15.3 Å². The molecule has 4 nitrogen and oxygen atoms in total. The molecule has 3 rings (SSSR count). The Kier molecular flexibility index (Phi) is 4.12. The van der Waals surface area contributed by atoms with Gasteiger partial charge in [0.05, 0.1) is 10.6 Å². The first-order valence-corrected chi connectivity index (χ1v) is 7.51. The Morgan fingerprint density at radius 2 is 1.78 bits per heavy atom. The van der Waals surface area contributed by atoms with Crippen molar-refractivity contribution < 1.29 is 13.6 Å². The second kappa shape index (κ2) is 6.21. The van der Waals surface area contributed by atoms with E-state index in [0.717, 1.165) is 22.6 Å². The fourth-order valence-corrected chi connectivity index (χ4v) is 3.06. The van der Waals surface area contributed by atoms with Gasteiger partial charge in [0.15, 0.2) is 5.13 Å². The lowest BCUT2D eigenvalue weighted by Gasteiger charge is -2.04. The van der Waals surface area contributed by atoms with Crippen molar-refractivity contribution in [2.75, 3.05) is 5.32 Å². The van der Waals surface area contributed by atoms with Gasteiger partial charge in [0.1, 0.15) is 17.2 Å². The summed E-state index contributed by atoms with van der Waals surface area (Å²) in [6.45, 7) is 1.80. The van der Waals surface area contributed by atoms with Gasteiger partial charge in [-0.25, -0.2) is 13.8 Å². The van der Waals surface area contributed by atoms with Crippen molar-refractivity contribution >= 4 is 22.4 Å². The predicted molar refractivity (Wildman–Crippen MR) is 84.4 cm³/mol. The van der Waals surface area contributed by atoms with Gasteiger partial charge in [-0.1, -0.05) is 17.4 Å². The number of carbonyl (C=O) groups is 1. The smallest absolute Gasteiger partial charge is 0.263 e. The molecule has 3 aromatic rings. The Balaban J connectivity index is 1.88. The van der Waals surface area contributed by atoms with Crippen molar-refractivity contribution in [3.63, 3.8) is 0 Å². The maximum atomic E-state index is 13.6. The zero-order valence-corrected chi connectivity index (χ0v) is 12.8. The van der Waals surface area contributed by atoms with E-state index >= 15 is 0 Å². The lowest BCUT2D eigenvalue weighted by molar-refractivity contribution is 0.101. The first kappa shape index (κ1) is 15.2. The van der Waals surface area contributed by atoms with Crippen molar-refractivity contribution in [1.29, 1.82) is 0 Å². The molecule has 0 bridgehead atoms. The average molecular weight is 331 g/mol. The highest BCUT2D eigenvalue weighted by atomic mass is 32.1. The van der Waals surface area contributed by atoms with Crippen LogP contribution in [0.4, 0.5) is 13.9 Å². The third-order valence-corrected chi connectivity index (χ3v) is 4.27. The number of nitrogens with zero attached hydrogens (tertiary/aromatic N) is 2. The number of aromatic nitrogens is 2. The summed E-state index contributed by atoms with van der Waals surface area (Å²) in [4.78, 5) is 21.1. The van der Waals surface area contributed by atoms with Gasteiger partial charge in [0, 0.05) is 12.4 Å². The number of benzene rings is 1. The van der Waals surface area contributed by atoms with Crippen LogP contribution in [0.25, 0.3) is 10.4 Å². The molecule has 0 aliphatic rings. The maximum absolute atomic E-state index is 13.6. The SMILES string of the molecule is Cc1nc(NC(=O)c2c(F)cccc2F)sc1-c1ccncc1. The molecule has 0 aliphatic carbocycles. The lowest BCUT2D eigenvalue weighted by atomic mass is 10.2. The van der Waals surface area contributed by atoms with Gasteiger partial charge in [0.2, 0.25) is 0 Å². The summed E-state index contributed by atoms with van der Waals surface area (Å²) >= 11 is 1.23. The lowest BCUT2D eigenvalue weighted by Crippen LogP contribution is -2.15. The van der Waals surface area contributed by atoms with Crippen molar-refractivity contribution in [3.8, 4) is 10.4 Å². The molecular weight excluding hydrogens is 320 g/mol. The molecule has 0 saturated carbocycles. The molecule has 1 aromatic carbocycles. The molecule has 2 heterocycles. The number of amides is 1. The highest BCUT2D eigenvalue weighted by molar-refractivity contribution is 7.19. The summed E-state index contributed by atoms with van der Waals surface area (Å²) in [5.74, 6) is -2.69. The highest BCUT2D eigenvalue weighted by Crippen LogP contribution is 2.32. The molecule has 116 valence electrons. The van der Waals surface area contributed by atoms with Gasteiger partial charge in [-0.3, -0.25) is 15.1 Å². The molecular formula is C16H11F2N3OS. The zero-order valence-electron chi connectivity index (χ0n) is 12.0. The molecule has 7 heteroatoms. The number of nitrogens with one attached hydrogen (secondary N) is 1. The second-order valence-corrected chi connectivity index (χ2v) is 5.72. The van der Waals surface area contributed by atoms with Crippen LogP contribution in [0.5, 0.6) is 0 Å². The topological polar surface area (TPSA) is 54.9 Å². The summed E-state index contributed by atoms with van der Waals surface area (Å²) in [5.41, 5.74) is 1.00. The molecule has 0 radical (unpaired) electrons. The Morgan fingerprint density at radius 1 is 1.13 bits per heavy atom. The number of hydrogen-bond acceptors (Lipinski definition) is 4. The third-order valence-electron chi connectivity index (χ3n) is 3.15. The van der Waals surface area contributed by atoms with Crippen LogP contribution in [0.1, 0.15) is 16.1 Å². The number of pyridine rings is 1. The molecule has 23 heavy (non-hydrogen) atoms. The third kappa shape index (κ3) is 3.09. The van der Waals surface area contributed by atoms with E-state index < -0.39 is 23.1 Å². The minimum absolute atomic E-state index is 0.280. The van der Waals surface area contributed by atoms with Crippen LogP contribution in [0.3, 0.4) is 0 Å². The second-order valence-electron chi connectivity index (χ2n) is 4.72. The number of anilines is 1. The van der Waals surface area contributed by atoms with E-state index in [9.17, 15) is 13.6 Å². The molecule has 0 unspecified atom stereocenters. The Morgan fingerprint density at radius 3 is 2.43 bits per heavy atom. The molecule has 1 amide bonds. The summed E-state index contributed by atoms with van der Waals surface area (Å²) in [6, 6.07) is 6.92. The van der Waals surface area contributed by atoms with Gasteiger partial charge in [-0.2, -0.15) is 0 Å². The number of halogens is 2. The predicted octanol–water partition coefficient (Wildman–Crippen LogP) is 4.04. The highest BCUT2D eigenvalue weighted by Gasteiger charge is 2.19. The van der Waals surface area contributed by atoms with Crippen LogP contribution in [0, 0.1) is 18.6 Å². The number of rotatable bonds is 3. The Hall–Kier alpha value is -2.67. The van der Waals surface area contributed by atoms with E-state index in [4.69, 9.17) is 0 Å². The quantitative estimate of drug-likeness (QED) is 0.788. The van der Waals surface area contributed by atoms with E-state index in [1.807, 2.05) is 12.1 Å². The van der Waals surface area contributed by atoms with Gasteiger partial charge in [0.25, 0.3) is 5.91 Å². The summed E-state index contributed by atoms with van der Waals surface area (Å²) in [5, 5.41) is 2.72. The van der Waals surface area contributed by atoms with Gasteiger partial charge >= 0.3 is 0 Å². The van der Waals surface area contributed by atoms with Crippen LogP contribution in [0.2, 0.25) is 0 Å². The monoisotopic (exact) mass is 331 g/mol. The molecule has 0 aliphatic heterocycles. The van der Waals surface area contributed by atoms with Crippen molar-refractivity contribution in [2.45, 2.75) is 6.92 Å². The van der Waals surface area contributed by atoms with Crippen LogP contribution in [-0.2, 0) is 0 Å². The van der Waals surface area contributed by atoms with Gasteiger partial charge in [-0.15, -0.1) is 0 Å². The minimum Gasteiger partial charge on any atom is -0.298 e. The van der Waals surface area contributed by atoms with Crippen molar-refractivity contribution in [1.82, 2.24) is 9.97 Å². The number of carbonyl (C=O) groups excluding carboxylic acids is 1. The number of aryl methyl sites for hydroxylation is 1. The maximum Gasteiger partial charge on any atom is 0.263 e. The molecule has 2 aromatic heterocycles. The van der Waals surface area contributed by atoms with E-state index in [-0.39, 0.29) is 5.13 Å². The average Bonchev–Trinajstić information content (AvgIpc) is 2.88. The Labute approximate surface area is 134 Å². The first-order chi connectivity index (χ1) is 11.1. The zero-order chi connectivity index (χ0) is 16.4. The molecule has 0 atom stereocenters. The minimum atomic E-state index is -0.912. The van der Waals surface area contributed by atoms with Crippen LogP contribution >= 0.6 is 11.3 Å². The van der Waals surface area contributed by atoms with E-state index in [1.165, 1.54) is 17.4 Å². The van der Waals surface area contributed by atoms with Crippen molar-refractivity contribution in [3.05, 3.63) is 65.6 Å². The van der Waals surface area contributed by atoms with Crippen LogP contribution in [0.15, 0.2) is 42.7 Å². The molecule has 0 fully saturated rings. The Bertz CT molecular complexity index is 845. The number of thiazole rings is 1. The normalized spacial score (nSPS) is 10.6. The first-order valence-electron chi connectivity index (χ1n) is 6.69. The van der Waals surface area contributed by atoms with Crippen LogP contribution < -0.4 is 5.32 Å². The largest absolute Gasteiger partial charge is 0.298 e. The van der Waals surface area contributed by atoms with Gasteiger partial charge < -0.3 is 0 Å². The van der Waals surface area contributed by atoms with E-state index in [1.54, 1.807) is 19.3 Å². The van der Waals surface area contributed by atoms with Gasteiger partial charge in [-0.05, 0) is 36.8 Å². The molecule has 1 N–H and O–H groups in total. The van der Waals surface area contributed by atoms with E-state index in [0.29, 0.717) is 5.69 Å². The summed E-state index contributed by atoms with van der Waals surface area (Å²) < 4.78 is 27.3. The van der Waals surface area contributed by atoms with Crippen LogP contribution in [-0.4, -0.2) is 15.9 Å². The summed E-state index contributed by atoms with van der Waals surface area (Å²) in [7, 11) is 0. The molecule has 0 spiro atoms. The standard InChI is InChI=1S/C16H11F2N3OS/c1-9-14(10-5-7-19-8-6-10)23-16(20-9)21-15(22)13-11(17)3-2-4-12(13)18/h2-8H,1H3,(H,20,21,22). The number of hydrogen-bond donors (Lipinski definition) is 1. The fraction of sp³-hybridized carbons (Fsp3) is 0.0625. The van der Waals surface area contributed by atoms with Crippen molar-refractivity contribution in [2.24, 2.45) is 0 Å². The molecule has 0 saturated heterocycles. The fourth-order valence-electron chi connectivity index (χ4n) is 2.10. The summed E-state index contributed by atoms with van der Waals surface area (Å²) in [6.07, 6.45) is 3.31.